The molecule has 0 aliphatic rings. The van der Waals surface area contributed by atoms with Gasteiger partial charge in [0.05, 0.1) is 6.10 Å². The molecule has 2 atom stereocenters. The van der Waals surface area contributed by atoms with Crippen LogP contribution in [0.3, 0.4) is 0 Å². The smallest absolute Gasteiger partial charge is 0.0830 e. The van der Waals surface area contributed by atoms with Crippen molar-refractivity contribution in [2.24, 2.45) is 11.7 Å². The van der Waals surface area contributed by atoms with Crippen molar-refractivity contribution in [2.75, 3.05) is 25.5 Å². The maximum atomic E-state index is 10.1. The molecule has 0 saturated heterocycles. The van der Waals surface area contributed by atoms with Gasteiger partial charge in [0.2, 0.25) is 0 Å². The number of nitrogens with two attached hydrogens (primary N) is 1. The third-order valence-corrected chi connectivity index (χ3v) is 3.02. The third-order valence-electron chi connectivity index (χ3n) is 3.02. The van der Waals surface area contributed by atoms with E-state index < -0.39 is 6.10 Å². The number of hydrogen-bond acceptors (Lipinski definition) is 3. The molecule has 0 fully saturated rings. The predicted molar refractivity (Wildman–Crippen MR) is 68.6 cm³/mol. The van der Waals surface area contributed by atoms with Crippen molar-refractivity contribution in [3.63, 3.8) is 0 Å². The quantitative estimate of drug-likeness (QED) is 0.798. The van der Waals surface area contributed by atoms with Crippen LogP contribution < -0.4 is 10.6 Å². The number of nitrogens with zero attached hydrogens (tertiary/aromatic N) is 1. The highest BCUT2D eigenvalue weighted by Gasteiger charge is 2.17. The van der Waals surface area contributed by atoms with Crippen LogP contribution in [0.15, 0.2) is 24.3 Å². The summed E-state index contributed by atoms with van der Waals surface area (Å²) in [6.07, 6.45) is 0.443. The summed E-state index contributed by atoms with van der Waals surface area (Å²) < 4.78 is 0. The molecule has 0 aromatic heterocycles. The number of hydrogen-bond donors (Lipinski definition) is 2. The first-order valence-electron chi connectivity index (χ1n) is 5.75. The molecule has 1 aromatic rings. The standard InChI is InChI=1S/C13H22N2O/c1-4-10(9-14)13(16)11-5-7-12(8-6-11)15(2)3/h5-8,10,13,16H,4,9,14H2,1-3H3. The minimum atomic E-state index is -0.453. The van der Waals surface area contributed by atoms with E-state index in [1.807, 2.05) is 43.3 Å². The van der Waals surface area contributed by atoms with Crippen LogP contribution >= 0.6 is 0 Å². The highest BCUT2D eigenvalue weighted by atomic mass is 16.3. The van der Waals surface area contributed by atoms with Gasteiger partial charge in [-0.1, -0.05) is 19.1 Å². The van der Waals surface area contributed by atoms with E-state index in [2.05, 4.69) is 6.92 Å². The lowest BCUT2D eigenvalue weighted by molar-refractivity contribution is 0.110. The molecule has 0 amide bonds. The van der Waals surface area contributed by atoms with Crippen LogP contribution in [0.2, 0.25) is 0 Å². The fourth-order valence-corrected chi connectivity index (χ4v) is 1.76. The average Bonchev–Trinajstić information content (AvgIpc) is 2.30. The Kier molecular flexibility index (Phi) is 4.77. The number of aliphatic hydroxyl groups is 1. The first-order valence-corrected chi connectivity index (χ1v) is 5.75. The van der Waals surface area contributed by atoms with Crippen LogP contribution in [0.4, 0.5) is 5.69 Å². The molecule has 0 spiro atoms. The van der Waals surface area contributed by atoms with E-state index in [4.69, 9.17) is 5.73 Å². The van der Waals surface area contributed by atoms with Crippen LogP contribution in [0.25, 0.3) is 0 Å². The molecule has 0 radical (unpaired) electrons. The van der Waals surface area contributed by atoms with E-state index in [0.29, 0.717) is 6.54 Å². The Labute approximate surface area is 97.9 Å². The van der Waals surface area contributed by atoms with Gasteiger partial charge in [0.15, 0.2) is 0 Å². The molecule has 0 bridgehead atoms. The minimum absolute atomic E-state index is 0.144. The molecule has 2 unspecified atom stereocenters. The summed E-state index contributed by atoms with van der Waals surface area (Å²) in [5.41, 5.74) is 7.71. The average molecular weight is 222 g/mol. The van der Waals surface area contributed by atoms with Crippen LogP contribution in [0.1, 0.15) is 25.0 Å². The van der Waals surface area contributed by atoms with Gasteiger partial charge in [-0.15, -0.1) is 0 Å². The number of rotatable bonds is 5. The minimum Gasteiger partial charge on any atom is -0.388 e. The third kappa shape index (κ3) is 2.97. The Morgan fingerprint density at radius 3 is 2.19 bits per heavy atom. The van der Waals surface area contributed by atoms with E-state index >= 15 is 0 Å². The van der Waals surface area contributed by atoms with E-state index in [1.54, 1.807) is 0 Å². The monoisotopic (exact) mass is 222 g/mol. The summed E-state index contributed by atoms with van der Waals surface area (Å²) in [5, 5.41) is 10.1. The van der Waals surface area contributed by atoms with Gasteiger partial charge in [-0.3, -0.25) is 0 Å². The highest BCUT2D eigenvalue weighted by Crippen LogP contribution is 2.25. The first-order chi connectivity index (χ1) is 7.60. The second kappa shape index (κ2) is 5.87. The molecule has 3 nitrogen and oxygen atoms in total. The molecule has 0 aliphatic heterocycles. The maximum Gasteiger partial charge on any atom is 0.0830 e. The van der Waals surface area contributed by atoms with E-state index in [0.717, 1.165) is 17.7 Å². The summed E-state index contributed by atoms with van der Waals surface area (Å²) in [5.74, 6) is 0.144. The van der Waals surface area contributed by atoms with Crippen molar-refractivity contribution < 1.29 is 5.11 Å². The summed E-state index contributed by atoms with van der Waals surface area (Å²) >= 11 is 0. The molecule has 0 heterocycles. The van der Waals surface area contributed by atoms with Crippen molar-refractivity contribution in [3.8, 4) is 0 Å². The first kappa shape index (κ1) is 13.0. The van der Waals surface area contributed by atoms with Gasteiger partial charge in [0.25, 0.3) is 0 Å². The molecule has 3 heteroatoms. The predicted octanol–water partition coefficient (Wildman–Crippen LogP) is 1.77. The Hall–Kier alpha value is -1.06. The lowest BCUT2D eigenvalue weighted by atomic mass is 9.93. The fraction of sp³-hybridized carbons (Fsp3) is 0.538. The van der Waals surface area contributed by atoms with Crippen molar-refractivity contribution in [1.82, 2.24) is 0 Å². The molecule has 90 valence electrons. The lowest BCUT2D eigenvalue weighted by Gasteiger charge is -2.21. The van der Waals surface area contributed by atoms with Gasteiger partial charge in [0, 0.05) is 25.7 Å². The molecule has 0 saturated carbocycles. The largest absolute Gasteiger partial charge is 0.388 e. The Bertz CT molecular complexity index is 304. The van der Waals surface area contributed by atoms with Gasteiger partial charge in [-0.05, 0) is 30.7 Å². The molecule has 16 heavy (non-hydrogen) atoms. The van der Waals surface area contributed by atoms with Gasteiger partial charge in [0.1, 0.15) is 0 Å². The zero-order valence-corrected chi connectivity index (χ0v) is 10.4. The van der Waals surface area contributed by atoms with Crippen molar-refractivity contribution in [2.45, 2.75) is 19.4 Å². The lowest BCUT2D eigenvalue weighted by Crippen LogP contribution is -2.21. The molecule has 1 aromatic carbocycles. The summed E-state index contributed by atoms with van der Waals surface area (Å²) in [7, 11) is 4.00. The second-order valence-corrected chi connectivity index (χ2v) is 4.33. The van der Waals surface area contributed by atoms with Gasteiger partial charge >= 0.3 is 0 Å². The Morgan fingerprint density at radius 1 is 1.25 bits per heavy atom. The maximum absolute atomic E-state index is 10.1. The van der Waals surface area contributed by atoms with Crippen molar-refractivity contribution in [1.29, 1.82) is 0 Å². The zero-order chi connectivity index (χ0) is 12.1. The van der Waals surface area contributed by atoms with Crippen LogP contribution in [-0.4, -0.2) is 25.7 Å². The van der Waals surface area contributed by atoms with Crippen LogP contribution in [0.5, 0.6) is 0 Å². The number of anilines is 1. The van der Waals surface area contributed by atoms with Crippen LogP contribution in [0, 0.1) is 5.92 Å². The van der Waals surface area contributed by atoms with Gasteiger partial charge in [-0.2, -0.15) is 0 Å². The number of benzene rings is 1. The summed E-state index contributed by atoms with van der Waals surface area (Å²) in [4.78, 5) is 2.04. The second-order valence-electron chi connectivity index (χ2n) is 4.33. The molecular weight excluding hydrogens is 200 g/mol. The topological polar surface area (TPSA) is 49.5 Å². The molecular formula is C13H22N2O. The van der Waals surface area contributed by atoms with Gasteiger partial charge in [-0.25, -0.2) is 0 Å². The Balaban J connectivity index is 2.80. The Morgan fingerprint density at radius 2 is 1.81 bits per heavy atom. The van der Waals surface area contributed by atoms with E-state index in [-0.39, 0.29) is 5.92 Å². The molecule has 3 N–H and O–H groups in total. The SMILES string of the molecule is CCC(CN)C(O)c1ccc(N(C)C)cc1. The van der Waals surface area contributed by atoms with E-state index in [9.17, 15) is 5.11 Å². The summed E-state index contributed by atoms with van der Waals surface area (Å²) in [6.45, 7) is 2.57. The zero-order valence-electron chi connectivity index (χ0n) is 10.4. The van der Waals surface area contributed by atoms with Crippen molar-refractivity contribution >= 4 is 5.69 Å². The highest BCUT2D eigenvalue weighted by molar-refractivity contribution is 5.46. The van der Waals surface area contributed by atoms with Crippen LogP contribution in [-0.2, 0) is 0 Å². The number of aliphatic hydroxyl groups excluding tert-OH is 1. The van der Waals surface area contributed by atoms with Crippen molar-refractivity contribution in [3.05, 3.63) is 29.8 Å². The van der Waals surface area contributed by atoms with E-state index in [1.165, 1.54) is 0 Å². The molecule has 1 rings (SSSR count). The van der Waals surface area contributed by atoms with Gasteiger partial charge < -0.3 is 15.7 Å². The molecule has 0 aliphatic carbocycles. The fourth-order valence-electron chi connectivity index (χ4n) is 1.76. The normalized spacial score (nSPS) is 14.6. The summed E-state index contributed by atoms with van der Waals surface area (Å²) in [6, 6.07) is 7.97.